The smallest absolute Gasteiger partial charge is 0.274 e. The summed E-state index contributed by atoms with van der Waals surface area (Å²) >= 11 is 0. The molecule has 2 saturated heterocycles. The Labute approximate surface area is 161 Å². The number of fused-ring (bicyclic) bond motifs is 1. The SMILES string of the molecule is CC(C)(CN)C1CCN(C(=O)c2cc3n(n2)CC2(CCNCC2)OC3)CC1. The third-order valence-corrected chi connectivity index (χ3v) is 6.97. The molecule has 2 fully saturated rings. The molecule has 4 rings (SSSR count). The van der Waals surface area contributed by atoms with Gasteiger partial charge in [-0.1, -0.05) is 13.8 Å². The maximum Gasteiger partial charge on any atom is 0.274 e. The van der Waals surface area contributed by atoms with Crippen molar-refractivity contribution in [2.45, 2.75) is 58.3 Å². The van der Waals surface area contributed by atoms with Crippen molar-refractivity contribution in [2.75, 3.05) is 32.7 Å². The molecule has 3 aliphatic rings. The first-order valence-corrected chi connectivity index (χ1v) is 10.3. The first-order valence-electron chi connectivity index (χ1n) is 10.3. The number of carbonyl (C=O) groups excluding carboxylic acids is 1. The van der Waals surface area contributed by atoms with Crippen LogP contribution in [0.3, 0.4) is 0 Å². The van der Waals surface area contributed by atoms with Crippen molar-refractivity contribution in [3.8, 4) is 0 Å². The van der Waals surface area contributed by atoms with Crippen molar-refractivity contribution in [2.24, 2.45) is 17.1 Å². The van der Waals surface area contributed by atoms with Crippen LogP contribution < -0.4 is 11.1 Å². The van der Waals surface area contributed by atoms with Gasteiger partial charge in [0.15, 0.2) is 5.69 Å². The summed E-state index contributed by atoms with van der Waals surface area (Å²) in [6, 6.07) is 1.92. The number of carbonyl (C=O) groups is 1. The van der Waals surface area contributed by atoms with E-state index in [1.807, 2.05) is 15.6 Å². The summed E-state index contributed by atoms with van der Waals surface area (Å²) in [7, 11) is 0. The summed E-state index contributed by atoms with van der Waals surface area (Å²) in [4.78, 5) is 14.9. The quantitative estimate of drug-likeness (QED) is 0.833. The lowest BCUT2D eigenvalue weighted by atomic mass is 9.74. The number of hydrogen-bond donors (Lipinski definition) is 2. The molecule has 7 heteroatoms. The number of rotatable bonds is 3. The molecule has 7 nitrogen and oxygen atoms in total. The monoisotopic (exact) mass is 375 g/mol. The molecule has 4 heterocycles. The average molecular weight is 376 g/mol. The second-order valence-electron chi connectivity index (χ2n) is 9.16. The number of likely N-dealkylation sites (tertiary alicyclic amines) is 1. The average Bonchev–Trinajstić information content (AvgIpc) is 3.11. The lowest BCUT2D eigenvalue weighted by molar-refractivity contribution is -0.109. The molecule has 1 aromatic heterocycles. The minimum Gasteiger partial charge on any atom is -0.367 e. The first-order chi connectivity index (χ1) is 12.9. The second kappa shape index (κ2) is 7.18. The van der Waals surface area contributed by atoms with Crippen LogP contribution in [0.4, 0.5) is 0 Å². The van der Waals surface area contributed by atoms with Crippen LogP contribution in [0.2, 0.25) is 0 Å². The first kappa shape index (κ1) is 18.9. The molecule has 3 N–H and O–H groups in total. The number of nitrogens with zero attached hydrogens (tertiary/aromatic N) is 3. The van der Waals surface area contributed by atoms with Crippen molar-refractivity contribution in [1.82, 2.24) is 20.0 Å². The van der Waals surface area contributed by atoms with Crippen LogP contribution in [0.25, 0.3) is 0 Å². The maximum absolute atomic E-state index is 13.0. The van der Waals surface area contributed by atoms with E-state index in [-0.39, 0.29) is 16.9 Å². The molecule has 3 aliphatic heterocycles. The number of nitrogens with two attached hydrogens (primary N) is 1. The standard InChI is InChI=1S/C20H33N5O2/c1-19(2,13-21)15-3-9-24(10-4-15)18(26)17-11-16-12-27-20(14-25(16)23-17)5-7-22-8-6-20/h11,15,22H,3-10,12-14,21H2,1-2H3. The van der Waals surface area contributed by atoms with Crippen LogP contribution in [0.1, 0.15) is 55.7 Å². The molecule has 1 spiro atoms. The predicted molar refractivity (Wildman–Crippen MR) is 103 cm³/mol. The molecule has 0 aromatic carbocycles. The molecule has 0 bridgehead atoms. The summed E-state index contributed by atoms with van der Waals surface area (Å²) in [5.74, 6) is 0.634. The Morgan fingerprint density at radius 3 is 2.74 bits per heavy atom. The number of ether oxygens (including phenoxy) is 1. The van der Waals surface area contributed by atoms with E-state index in [4.69, 9.17) is 10.5 Å². The van der Waals surface area contributed by atoms with E-state index in [9.17, 15) is 4.79 Å². The van der Waals surface area contributed by atoms with E-state index in [1.54, 1.807) is 0 Å². The zero-order valence-corrected chi connectivity index (χ0v) is 16.7. The highest BCUT2D eigenvalue weighted by Crippen LogP contribution is 2.35. The fraction of sp³-hybridized carbons (Fsp3) is 0.800. The Morgan fingerprint density at radius 2 is 2.07 bits per heavy atom. The van der Waals surface area contributed by atoms with Gasteiger partial charge in [-0.2, -0.15) is 5.10 Å². The van der Waals surface area contributed by atoms with Crippen LogP contribution in [0.15, 0.2) is 6.07 Å². The van der Waals surface area contributed by atoms with Gasteiger partial charge in [0, 0.05) is 13.1 Å². The molecule has 1 amide bonds. The summed E-state index contributed by atoms with van der Waals surface area (Å²) in [5.41, 5.74) is 7.54. The van der Waals surface area contributed by atoms with Gasteiger partial charge in [0.25, 0.3) is 5.91 Å². The van der Waals surface area contributed by atoms with Crippen molar-refractivity contribution >= 4 is 5.91 Å². The van der Waals surface area contributed by atoms with E-state index < -0.39 is 0 Å². The minimum atomic E-state index is -0.114. The molecule has 27 heavy (non-hydrogen) atoms. The molecule has 150 valence electrons. The van der Waals surface area contributed by atoms with Gasteiger partial charge in [-0.05, 0) is 62.7 Å². The van der Waals surface area contributed by atoms with E-state index in [0.29, 0.717) is 24.8 Å². The van der Waals surface area contributed by atoms with E-state index >= 15 is 0 Å². The number of hydrogen-bond acceptors (Lipinski definition) is 5. The van der Waals surface area contributed by atoms with Crippen LogP contribution in [0.5, 0.6) is 0 Å². The van der Waals surface area contributed by atoms with Crippen molar-refractivity contribution in [3.63, 3.8) is 0 Å². The van der Waals surface area contributed by atoms with Crippen LogP contribution in [-0.4, -0.2) is 58.9 Å². The number of nitrogens with one attached hydrogen (secondary N) is 1. The molecule has 0 unspecified atom stereocenters. The second-order valence-corrected chi connectivity index (χ2v) is 9.16. The van der Waals surface area contributed by atoms with Gasteiger partial charge < -0.3 is 20.7 Å². The number of piperidine rings is 2. The summed E-state index contributed by atoms with van der Waals surface area (Å²) in [6.45, 7) is 10.0. The fourth-order valence-corrected chi connectivity index (χ4v) is 4.74. The Kier molecular flexibility index (Phi) is 5.03. The van der Waals surface area contributed by atoms with Gasteiger partial charge in [0.2, 0.25) is 0 Å². The van der Waals surface area contributed by atoms with Gasteiger partial charge in [-0.3, -0.25) is 9.48 Å². The van der Waals surface area contributed by atoms with Gasteiger partial charge in [-0.25, -0.2) is 0 Å². The molecular weight excluding hydrogens is 342 g/mol. The van der Waals surface area contributed by atoms with Crippen molar-refractivity contribution in [3.05, 3.63) is 17.5 Å². The van der Waals surface area contributed by atoms with Gasteiger partial charge >= 0.3 is 0 Å². The zero-order chi connectivity index (χ0) is 19.1. The van der Waals surface area contributed by atoms with Crippen LogP contribution >= 0.6 is 0 Å². The fourth-order valence-electron chi connectivity index (χ4n) is 4.74. The Bertz CT molecular complexity index is 685. The summed E-state index contributed by atoms with van der Waals surface area (Å²) < 4.78 is 8.20. The third kappa shape index (κ3) is 3.65. The third-order valence-electron chi connectivity index (χ3n) is 6.97. The van der Waals surface area contributed by atoms with Crippen LogP contribution in [0, 0.1) is 11.3 Å². The highest BCUT2D eigenvalue weighted by Gasteiger charge is 2.39. The molecule has 0 saturated carbocycles. The Balaban J connectivity index is 1.41. The van der Waals surface area contributed by atoms with Gasteiger partial charge in [-0.15, -0.1) is 0 Å². The van der Waals surface area contributed by atoms with E-state index in [0.717, 1.165) is 64.1 Å². The van der Waals surface area contributed by atoms with E-state index in [1.165, 1.54) is 0 Å². The van der Waals surface area contributed by atoms with Crippen molar-refractivity contribution < 1.29 is 9.53 Å². The lowest BCUT2D eigenvalue weighted by Crippen LogP contribution is -2.49. The van der Waals surface area contributed by atoms with E-state index in [2.05, 4.69) is 24.3 Å². The number of amides is 1. The summed E-state index contributed by atoms with van der Waals surface area (Å²) in [6.07, 6.45) is 4.03. The highest BCUT2D eigenvalue weighted by atomic mass is 16.5. The van der Waals surface area contributed by atoms with Crippen molar-refractivity contribution in [1.29, 1.82) is 0 Å². The minimum absolute atomic E-state index is 0.0558. The zero-order valence-electron chi connectivity index (χ0n) is 16.7. The lowest BCUT2D eigenvalue weighted by Gasteiger charge is -2.40. The van der Waals surface area contributed by atoms with Crippen LogP contribution in [-0.2, 0) is 17.9 Å². The molecule has 0 aliphatic carbocycles. The molecule has 0 radical (unpaired) electrons. The van der Waals surface area contributed by atoms with Gasteiger partial charge in [0.1, 0.15) is 0 Å². The number of aromatic nitrogens is 2. The largest absolute Gasteiger partial charge is 0.367 e. The predicted octanol–water partition coefficient (Wildman–Crippen LogP) is 1.37. The summed E-state index contributed by atoms with van der Waals surface area (Å²) in [5, 5.41) is 8.05. The topological polar surface area (TPSA) is 85.4 Å². The van der Waals surface area contributed by atoms with Gasteiger partial charge in [0.05, 0.1) is 24.4 Å². The highest BCUT2D eigenvalue weighted by molar-refractivity contribution is 5.92. The Morgan fingerprint density at radius 1 is 1.37 bits per heavy atom. The molecule has 1 aromatic rings. The maximum atomic E-state index is 13.0. The molecular formula is C20H33N5O2. The molecule has 0 atom stereocenters. The normalized spacial score (nSPS) is 23.4. The Hall–Kier alpha value is -1.44.